The lowest BCUT2D eigenvalue weighted by molar-refractivity contribution is 0.875. The van der Waals surface area contributed by atoms with E-state index in [0.717, 1.165) is 44.9 Å². The Kier molecular flexibility index (Phi) is 9.04. The third-order valence-electron chi connectivity index (χ3n) is 10.6. The van der Waals surface area contributed by atoms with Crippen molar-refractivity contribution in [2.75, 3.05) is 9.80 Å². The second kappa shape index (κ2) is 14.3. The SMILES string of the molecule is [C-]#[N+]c1ccc(N(c2ccc(C#N)cc2)c2cc(C(C)C)c3ccc4c(N(c5ccc(C#N)cc5)c5ccc(C#N)cc5)cc(C(C)C)c5ccc2c3c54)cc1. The Balaban J connectivity index is 1.50. The number of anilines is 6. The maximum atomic E-state index is 9.65. The van der Waals surface area contributed by atoms with Crippen LogP contribution in [0.2, 0.25) is 0 Å². The van der Waals surface area contributed by atoms with Gasteiger partial charge in [-0.1, -0.05) is 64.1 Å². The molecule has 0 aliphatic heterocycles. The van der Waals surface area contributed by atoms with Crippen LogP contribution in [0.3, 0.4) is 0 Å². The minimum Gasteiger partial charge on any atom is -0.310 e. The molecule has 0 heterocycles. The first kappa shape index (κ1) is 35.4. The van der Waals surface area contributed by atoms with Crippen molar-refractivity contribution in [2.24, 2.45) is 0 Å². The Morgan fingerprint density at radius 2 is 0.750 bits per heavy atom. The van der Waals surface area contributed by atoms with E-state index in [1.165, 1.54) is 32.7 Å². The molecule has 6 nitrogen and oxygen atoms in total. The van der Waals surface area contributed by atoms with Crippen molar-refractivity contribution in [3.8, 4) is 18.2 Å². The Labute approximate surface area is 327 Å². The van der Waals surface area contributed by atoms with Crippen molar-refractivity contribution < 1.29 is 0 Å². The van der Waals surface area contributed by atoms with E-state index in [4.69, 9.17) is 6.57 Å². The minimum atomic E-state index is 0.197. The molecule has 0 saturated carbocycles. The van der Waals surface area contributed by atoms with Gasteiger partial charge in [0.05, 0.1) is 52.8 Å². The van der Waals surface area contributed by atoms with Crippen molar-refractivity contribution in [3.63, 3.8) is 0 Å². The van der Waals surface area contributed by atoms with E-state index in [2.05, 4.69) is 96.9 Å². The summed E-state index contributed by atoms with van der Waals surface area (Å²) in [5.41, 5.74) is 10.3. The summed E-state index contributed by atoms with van der Waals surface area (Å²) in [4.78, 5) is 8.11. The highest BCUT2D eigenvalue weighted by Gasteiger charge is 2.26. The lowest BCUT2D eigenvalue weighted by Gasteiger charge is -2.31. The molecule has 0 spiro atoms. The molecular weight excluding hydrogens is 685 g/mol. The molecule has 0 bridgehead atoms. The second-order valence-corrected chi connectivity index (χ2v) is 14.6. The number of hydrogen-bond donors (Lipinski definition) is 0. The van der Waals surface area contributed by atoms with Gasteiger partial charge in [0.2, 0.25) is 0 Å². The number of benzene rings is 8. The van der Waals surface area contributed by atoms with E-state index in [9.17, 15) is 15.8 Å². The van der Waals surface area contributed by atoms with Gasteiger partial charge in [-0.05, 0) is 142 Å². The predicted molar refractivity (Wildman–Crippen MR) is 228 cm³/mol. The maximum Gasteiger partial charge on any atom is 0.187 e. The van der Waals surface area contributed by atoms with Gasteiger partial charge in [-0.15, -0.1) is 0 Å². The maximum absolute atomic E-state index is 9.65. The first-order valence-electron chi connectivity index (χ1n) is 18.6. The van der Waals surface area contributed by atoms with Gasteiger partial charge >= 0.3 is 0 Å². The molecule has 8 rings (SSSR count). The standard InChI is InChI=1S/C50H36N6/c1-31(2)45-26-47(55(37-14-6-33(28-51)7-15-37)38-16-8-34(29-52)9-17-38)43-24-22-42-46(32(3)4)27-48(44-25-23-41(45)49(43)50(42)44)56(39-18-10-35(30-53)11-19-39)40-20-12-36(54-5)13-21-40/h6-27,31-32H,1-4H3. The third-order valence-corrected chi connectivity index (χ3v) is 10.6. The highest BCUT2D eigenvalue weighted by molar-refractivity contribution is 6.29. The average molecular weight is 721 g/mol. The first-order valence-corrected chi connectivity index (χ1v) is 18.6. The quantitative estimate of drug-likeness (QED) is 0.115. The van der Waals surface area contributed by atoms with Crippen molar-refractivity contribution >= 4 is 72.1 Å². The molecule has 0 radical (unpaired) electrons. The molecule has 0 aromatic heterocycles. The zero-order chi connectivity index (χ0) is 39.1. The average Bonchev–Trinajstić information content (AvgIpc) is 3.24. The molecule has 8 aromatic carbocycles. The summed E-state index contributed by atoms with van der Waals surface area (Å²) in [6.45, 7) is 16.5. The summed E-state index contributed by atoms with van der Waals surface area (Å²) in [6.07, 6.45) is 0. The van der Waals surface area contributed by atoms with Crippen molar-refractivity contribution in [3.05, 3.63) is 173 Å². The fraction of sp³-hybridized carbons (Fsp3) is 0.120. The van der Waals surface area contributed by atoms with Crippen LogP contribution in [0.5, 0.6) is 0 Å². The molecule has 0 atom stereocenters. The lowest BCUT2D eigenvalue weighted by atomic mass is 9.84. The van der Waals surface area contributed by atoms with Gasteiger partial charge < -0.3 is 9.80 Å². The van der Waals surface area contributed by atoms with Gasteiger partial charge in [0, 0.05) is 33.5 Å². The largest absolute Gasteiger partial charge is 0.310 e. The highest BCUT2D eigenvalue weighted by Crippen LogP contribution is 2.51. The first-order chi connectivity index (χ1) is 27.2. The monoisotopic (exact) mass is 720 g/mol. The number of nitrogens with zero attached hydrogens (tertiary/aromatic N) is 6. The molecule has 0 saturated heterocycles. The van der Waals surface area contributed by atoms with Crippen molar-refractivity contribution in [2.45, 2.75) is 39.5 Å². The van der Waals surface area contributed by atoms with Crippen LogP contribution in [0.25, 0.3) is 37.2 Å². The summed E-state index contributed by atoms with van der Waals surface area (Å²) in [6, 6.07) is 51.0. The molecule has 0 amide bonds. The Morgan fingerprint density at radius 1 is 0.446 bits per heavy atom. The molecule has 266 valence electrons. The molecule has 0 aliphatic rings. The summed E-state index contributed by atoms with van der Waals surface area (Å²) in [5, 5.41) is 35.8. The van der Waals surface area contributed by atoms with Gasteiger partial charge in [-0.2, -0.15) is 15.8 Å². The molecule has 0 unspecified atom stereocenters. The molecule has 0 N–H and O–H groups in total. The van der Waals surface area contributed by atoms with Crippen LogP contribution in [0, 0.1) is 40.6 Å². The smallest absolute Gasteiger partial charge is 0.187 e. The third kappa shape index (κ3) is 5.97. The van der Waals surface area contributed by atoms with Crippen LogP contribution in [0.1, 0.15) is 67.3 Å². The summed E-state index contributed by atoms with van der Waals surface area (Å²) < 4.78 is 0. The zero-order valence-corrected chi connectivity index (χ0v) is 31.5. The highest BCUT2D eigenvalue weighted by atomic mass is 15.1. The predicted octanol–water partition coefficient (Wildman–Crippen LogP) is 13.9. The Morgan fingerprint density at radius 3 is 1.04 bits per heavy atom. The van der Waals surface area contributed by atoms with E-state index in [-0.39, 0.29) is 11.8 Å². The fourth-order valence-corrected chi connectivity index (χ4v) is 7.92. The van der Waals surface area contributed by atoms with Crippen LogP contribution >= 0.6 is 0 Å². The van der Waals surface area contributed by atoms with Crippen LogP contribution in [0.4, 0.5) is 39.8 Å². The molecule has 56 heavy (non-hydrogen) atoms. The van der Waals surface area contributed by atoms with E-state index in [1.807, 2.05) is 97.1 Å². The van der Waals surface area contributed by atoms with Crippen molar-refractivity contribution in [1.29, 1.82) is 15.8 Å². The van der Waals surface area contributed by atoms with Gasteiger partial charge in [-0.25, -0.2) is 4.85 Å². The normalized spacial score (nSPS) is 11.1. The van der Waals surface area contributed by atoms with E-state index >= 15 is 0 Å². The topological polar surface area (TPSA) is 82.2 Å². The fourth-order valence-electron chi connectivity index (χ4n) is 7.92. The summed E-state index contributed by atoms with van der Waals surface area (Å²) in [7, 11) is 0. The molecule has 0 fully saturated rings. The van der Waals surface area contributed by atoms with E-state index < -0.39 is 0 Å². The number of rotatable bonds is 8. The van der Waals surface area contributed by atoms with E-state index in [1.54, 1.807) is 0 Å². The Hall–Kier alpha value is -7.64. The lowest BCUT2D eigenvalue weighted by Crippen LogP contribution is -2.13. The minimum absolute atomic E-state index is 0.197. The molecule has 8 aromatic rings. The van der Waals surface area contributed by atoms with Crippen LogP contribution in [0.15, 0.2) is 133 Å². The molecule has 0 aliphatic carbocycles. The van der Waals surface area contributed by atoms with E-state index in [0.29, 0.717) is 22.4 Å². The van der Waals surface area contributed by atoms with Crippen LogP contribution in [-0.4, -0.2) is 0 Å². The van der Waals surface area contributed by atoms with Crippen LogP contribution < -0.4 is 9.80 Å². The van der Waals surface area contributed by atoms with Gasteiger partial charge in [0.25, 0.3) is 0 Å². The molecular formula is C50H36N6. The Bertz CT molecular complexity index is 2610. The van der Waals surface area contributed by atoms with Gasteiger partial charge in [0.1, 0.15) is 0 Å². The van der Waals surface area contributed by atoms with Gasteiger partial charge in [-0.3, -0.25) is 0 Å². The zero-order valence-electron chi connectivity index (χ0n) is 31.5. The van der Waals surface area contributed by atoms with Gasteiger partial charge in [0.15, 0.2) is 5.69 Å². The van der Waals surface area contributed by atoms with Crippen LogP contribution in [-0.2, 0) is 0 Å². The second-order valence-electron chi connectivity index (χ2n) is 14.6. The molecule has 6 heteroatoms. The number of hydrogen-bond acceptors (Lipinski definition) is 5. The summed E-state index contributed by atoms with van der Waals surface area (Å²) in [5.74, 6) is 0.394. The van der Waals surface area contributed by atoms with Crippen molar-refractivity contribution in [1.82, 2.24) is 0 Å². The number of nitriles is 3. The summed E-state index contributed by atoms with van der Waals surface area (Å²) >= 11 is 0.